The standard InChI is InChI=1S/C19H29N3O4/c1-4-20-18(24)22-17(23)14(2)21-13-19(9-11-26-12-10-19)15-7-5-6-8-16(15)25-3/h5-8,14,21H,4,9-13H2,1-3H3,(H2,20,22,23,24)/t14-/m1/s1. The molecule has 0 unspecified atom stereocenters. The fourth-order valence-corrected chi connectivity index (χ4v) is 3.25. The summed E-state index contributed by atoms with van der Waals surface area (Å²) in [6, 6.07) is 7.01. The molecule has 26 heavy (non-hydrogen) atoms. The number of imide groups is 1. The maximum atomic E-state index is 12.2. The lowest BCUT2D eigenvalue weighted by atomic mass is 9.73. The Balaban J connectivity index is 2.09. The van der Waals surface area contributed by atoms with Crippen molar-refractivity contribution in [3.63, 3.8) is 0 Å². The van der Waals surface area contributed by atoms with Crippen molar-refractivity contribution in [1.29, 1.82) is 0 Å². The fourth-order valence-electron chi connectivity index (χ4n) is 3.25. The fraction of sp³-hybridized carbons (Fsp3) is 0.579. The quantitative estimate of drug-likeness (QED) is 0.684. The average Bonchev–Trinajstić information content (AvgIpc) is 2.67. The third kappa shape index (κ3) is 4.95. The first-order valence-electron chi connectivity index (χ1n) is 9.05. The molecule has 0 aliphatic carbocycles. The summed E-state index contributed by atoms with van der Waals surface area (Å²) in [6.45, 7) is 5.95. The largest absolute Gasteiger partial charge is 0.496 e. The zero-order chi connectivity index (χ0) is 19.0. The van der Waals surface area contributed by atoms with Crippen molar-refractivity contribution in [1.82, 2.24) is 16.0 Å². The maximum Gasteiger partial charge on any atom is 0.321 e. The van der Waals surface area contributed by atoms with Crippen LogP contribution in [0.2, 0.25) is 0 Å². The number of hydrogen-bond acceptors (Lipinski definition) is 5. The molecule has 2 rings (SSSR count). The average molecular weight is 363 g/mol. The van der Waals surface area contributed by atoms with Gasteiger partial charge in [0.25, 0.3) is 0 Å². The Morgan fingerprint density at radius 2 is 1.96 bits per heavy atom. The predicted molar refractivity (Wildman–Crippen MR) is 99.4 cm³/mol. The number of carbonyl (C=O) groups is 2. The second-order valence-electron chi connectivity index (χ2n) is 6.54. The summed E-state index contributed by atoms with van der Waals surface area (Å²) in [5.74, 6) is 0.494. The van der Waals surface area contributed by atoms with Crippen LogP contribution in [0, 0.1) is 0 Å². The Hall–Kier alpha value is -2.12. The van der Waals surface area contributed by atoms with Gasteiger partial charge in [0.1, 0.15) is 5.75 Å². The first-order chi connectivity index (χ1) is 12.5. The number of hydrogen-bond donors (Lipinski definition) is 3. The highest BCUT2D eigenvalue weighted by atomic mass is 16.5. The molecule has 7 nitrogen and oxygen atoms in total. The number of urea groups is 1. The highest BCUT2D eigenvalue weighted by Gasteiger charge is 2.37. The Kier molecular flexibility index (Phi) is 7.41. The molecule has 1 atom stereocenters. The highest BCUT2D eigenvalue weighted by Crippen LogP contribution is 2.39. The lowest BCUT2D eigenvalue weighted by molar-refractivity contribution is -0.121. The second-order valence-corrected chi connectivity index (χ2v) is 6.54. The molecule has 7 heteroatoms. The van der Waals surface area contributed by atoms with E-state index in [0.717, 1.165) is 24.2 Å². The van der Waals surface area contributed by atoms with Gasteiger partial charge in [-0.2, -0.15) is 0 Å². The van der Waals surface area contributed by atoms with Gasteiger partial charge in [-0.25, -0.2) is 4.79 Å². The number of ether oxygens (including phenoxy) is 2. The van der Waals surface area contributed by atoms with Gasteiger partial charge >= 0.3 is 6.03 Å². The minimum absolute atomic E-state index is 0.176. The van der Waals surface area contributed by atoms with E-state index in [4.69, 9.17) is 9.47 Å². The first kappa shape index (κ1) is 20.2. The molecule has 0 bridgehead atoms. The van der Waals surface area contributed by atoms with Gasteiger partial charge in [-0.1, -0.05) is 18.2 Å². The molecule has 0 radical (unpaired) electrons. The topological polar surface area (TPSA) is 88.7 Å². The molecule has 1 heterocycles. The van der Waals surface area contributed by atoms with Crippen molar-refractivity contribution in [3.8, 4) is 5.75 Å². The van der Waals surface area contributed by atoms with E-state index in [0.29, 0.717) is 26.3 Å². The Morgan fingerprint density at radius 1 is 1.27 bits per heavy atom. The Morgan fingerprint density at radius 3 is 2.62 bits per heavy atom. The van der Waals surface area contributed by atoms with E-state index in [1.54, 1.807) is 21.0 Å². The molecule has 3 N–H and O–H groups in total. The smallest absolute Gasteiger partial charge is 0.321 e. The number of amides is 3. The van der Waals surface area contributed by atoms with E-state index in [1.165, 1.54) is 0 Å². The zero-order valence-electron chi connectivity index (χ0n) is 15.8. The van der Waals surface area contributed by atoms with Crippen molar-refractivity contribution in [3.05, 3.63) is 29.8 Å². The lowest BCUT2D eigenvalue weighted by Crippen LogP contribution is -2.52. The number of rotatable bonds is 7. The van der Waals surface area contributed by atoms with Crippen LogP contribution in [0.25, 0.3) is 0 Å². The van der Waals surface area contributed by atoms with Crippen molar-refractivity contribution in [2.45, 2.75) is 38.1 Å². The molecule has 3 amide bonds. The number of nitrogens with one attached hydrogen (secondary N) is 3. The van der Waals surface area contributed by atoms with Crippen LogP contribution in [0.5, 0.6) is 5.75 Å². The maximum absolute atomic E-state index is 12.2. The van der Waals surface area contributed by atoms with Crippen molar-refractivity contribution >= 4 is 11.9 Å². The van der Waals surface area contributed by atoms with E-state index in [9.17, 15) is 9.59 Å². The summed E-state index contributed by atoms with van der Waals surface area (Å²) in [4.78, 5) is 23.7. The minimum Gasteiger partial charge on any atom is -0.496 e. The Labute approximate surface area is 154 Å². The van der Waals surface area contributed by atoms with Crippen LogP contribution in [-0.4, -0.2) is 51.4 Å². The van der Waals surface area contributed by atoms with Gasteiger partial charge in [0, 0.05) is 37.3 Å². The number of methoxy groups -OCH3 is 1. The van der Waals surface area contributed by atoms with Crippen LogP contribution in [0.15, 0.2) is 24.3 Å². The minimum atomic E-state index is -0.493. The van der Waals surface area contributed by atoms with Gasteiger partial charge in [-0.05, 0) is 32.8 Å². The molecule has 144 valence electrons. The van der Waals surface area contributed by atoms with Crippen LogP contribution in [0.1, 0.15) is 32.3 Å². The van der Waals surface area contributed by atoms with Crippen LogP contribution in [0.4, 0.5) is 4.79 Å². The Bertz CT molecular complexity index is 615. The van der Waals surface area contributed by atoms with Crippen LogP contribution in [-0.2, 0) is 14.9 Å². The highest BCUT2D eigenvalue weighted by molar-refractivity contribution is 5.96. The molecule has 0 aromatic heterocycles. The normalized spacial score (nSPS) is 17.2. The van der Waals surface area contributed by atoms with Crippen LogP contribution in [0.3, 0.4) is 0 Å². The zero-order valence-corrected chi connectivity index (χ0v) is 15.8. The molecule has 1 aromatic rings. The van der Waals surface area contributed by atoms with Gasteiger partial charge < -0.3 is 20.1 Å². The summed E-state index contributed by atoms with van der Waals surface area (Å²) >= 11 is 0. The molecule has 1 aliphatic heterocycles. The molecule has 1 aromatic carbocycles. The summed E-state index contributed by atoms with van der Waals surface area (Å²) in [5, 5.41) is 8.18. The summed E-state index contributed by atoms with van der Waals surface area (Å²) < 4.78 is 11.1. The van der Waals surface area contributed by atoms with Gasteiger partial charge in [0.15, 0.2) is 0 Å². The monoisotopic (exact) mass is 363 g/mol. The second kappa shape index (κ2) is 9.54. The molecule has 1 fully saturated rings. The molecular weight excluding hydrogens is 334 g/mol. The molecule has 1 aliphatic rings. The van der Waals surface area contributed by atoms with E-state index < -0.39 is 12.1 Å². The predicted octanol–water partition coefficient (Wildman–Crippen LogP) is 1.57. The van der Waals surface area contributed by atoms with Gasteiger partial charge in [0.2, 0.25) is 5.91 Å². The summed E-state index contributed by atoms with van der Waals surface area (Å²) in [6.07, 6.45) is 1.68. The number of carbonyl (C=O) groups excluding carboxylic acids is 2. The molecule has 1 saturated heterocycles. The number of para-hydroxylation sites is 1. The van der Waals surface area contributed by atoms with Crippen LogP contribution < -0.4 is 20.7 Å². The van der Waals surface area contributed by atoms with E-state index in [-0.39, 0.29) is 11.3 Å². The van der Waals surface area contributed by atoms with E-state index >= 15 is 0 Å². The molecule has 0 spiro atoms. The lowest BCUT2D eigenvalue weighted by Gasteiger charge is -2.39. The SMILES string of the molecule is CCNC(=O)NC(=O)[C@@H](C)NCC1(c2ccccc2OC)CCOCC1. The molecule has 0 saturated carbocycles. The third-order valence-corrected chi connectivity index (χ3v) is 4.84. The first-order valence-corrected chi connectivity index (χ1v) is 9.05. The number of benzene rings is 1. The van der Waals surface area contributed by atoms with Gasteiger partial charge in [-0.3, -0.25) is 10.1 Å². The summed E-state index contributed by atoms with van der Waals surface area (Å²) in [5.41, 5.74) is 0.945. The van der Waals surface area contributed by atoms with E-state index in [1.807, 2.05) is 18.2 Å². The third-order valence-electron chi connectivity index (χ3n) is 4.84. The summed E-state index contributed by atoms with van der Waals surface area (Å²) in [7, 11) is 1.67. The van der Waals surface area contributed by atoms with E-state index in [2.05, 4.69) is 22.0 Å². The van der Waals surface area contributed by atoms with Crippen molar-refractivity contribution in [2.24, 2.45) is 0 Å². The van der Waals surface area contributed by atoms with Crippen LogP contribution >= 0.6 is 0 Å². The van der Waals surface area contributed by atoms with Gasteiger partial charge in [0.05, 0.1) is 13.2 Å². The molecular formula is C19H29N3O4. The van der Waals surface area contributed by atoms with Crippen molar-refractivity contribution in [2.75, 3.05) is 33.4 Å². The van der Waals surface area contributed by atoms with Crippen molar-refractivity contribution < 1.29 is 19.1 Å². The van der Waals surface area contributed by atoms with Gasteiger partial charge in [-0.15, -0.1) is 0 Å².